The molecule has 108 valence electrons. The van der Waals surface area contributed by atoms with Crippen molar-refractivity contribution in [3.63, 3.8) is 0 Å². The van der Waals surface area contributed by atoms with Crippen LogP contribution < -0.4 is 11.1 Å². The van der Waals surface area contributed by atoms with Crippen molar-refractivity contribution in [2.75, 3.05) is 26.7 Å². The van der Waals surface area contributed by atoms with Crippen LogP contribution in [0, 0.1) is 5.92 Å². The van der Waals surface area contributed by atoms with Gasteiger partial charge in [0.1, 0.15) is 0 Å². The second-order valence-corrected chi connectivity index (χ2v) is 5.13. The van der Waals surface area contributed by atoms with E-state index in [2.05, 4.69) is 5.32 Å². The first-order chi connectivity index (χ1) is 9.65. The predicted molar refractivity (Wildman–Crippen MR) is 77.5 cm³/mol. The van der Waals surface area contributed by atoms with Gasteiger partial charge in [-0.25, -0.2) is 0 Å². The molecule has 0 bridgehead atoms. The van der Waals surface area contributed by atoms with Crippen molar-refractivity contribution in [1.29, 1.82) is 0 Å². The molecule has 0 spiro atoms. The Kier molecular flexibility index (Phi) is 4.74. The summed E-state index contributed by atoms with van der Waals surface area (Å²) in [7, 11) is 1.58. The summed E-state index contributed by atoms with van der Waals surface area (Å²) in [5.41, 5.74) is 6.73. The van der Waals surface area contributed by atoms with E-state index in [0.29, 0.717) is 23.6 Å². The van der Waals surface area contributed by atoms with E-state index in [9.17, 15) is 9.59 Å². The zero-order valence-electron chi connectivity index (χ0n) is 11.8. The van der Waals surface area contributed by atoms with Crippen LogP contribution in [0.1, 0.15) is 33.6 Å². The van der Waals surface area contributed by atoms with Gasteiger partial charge >= 0.3 is 0 Å². The Bertz CT molecular complexity index is 494. The third-order valence-corrected chi connectivity index (χ3v) is 3.83. The zero-order chi connectivity index (χ0) is 14.5. The molecule has 1 heterocycles. The molecule has 5 heteroatoms. The van der Waals surface area contributed by atoms with Crippen molar-refractivity contribution < 1.29 is 9.59 Å². The minimum atomic E-state index is -0.179. The van der Waals surface area contributed by atoms with Crippen molar-refractivity contribution in [3.8, 4) is 0 Å². The summed E-state index contributed by atoms with van der Waals surface area (Å²) in [5.74, 6) is 0.337. The van der Waals surface area contributed by atoms with Crippen LogP contribution in [0.3, 0.4) is 0 Å². The normalized spacial score (nSPS) is 16.0. The molecular weight excluding hydrogens is 254 g/mol. The number of carbonyl (C=O) groups is 2. The van der Waals surface area contributed by atoms with Gasteiger partial charge in [0.15, 0.2) is 0 Å². The second-order valence-electron chi connectivity index (χ2n) is 5.13. The molecule has 2 rings (SSSR count). The maximum absolute atomic E-state index is 12.4. The van der Waals surface area contributed by atoms with Gasteiger partial charge in [0.25, 0.3) is 11.8 Å². The summed E-state index contributed by atoms with van der Waals surface area (Å²) in [6.07, 6.45) is 1.91. The Morgan fingerprint density at radius 1 is 1.30 bits per heavy atom. The largest absolute Gasteiger partial charge is 0.355 e. The highest BCUT2D eigenvalue weighted by Crippen LogP contribution is 2.18. The molecule has 2 amide bonds. The van der Waals surface area contributed by atoms with Gasteiger partial charge in [-0.15, -0.1) is 0 Å². The van der Waals surface area contributed by atoms with Crippen LogP contribution in [0.15, 0.2) is 24.3 Å². The maximum atomic E-state index is 12.4. The molecule has 0 aromatic heterocycles. The molecule has 1 fully saturated rings. The molecule has 3 N–H and O–H groups in total. The highest BCUT2D eigenvalue weighted by molar-refractivity contribution is 5.99. The fourth-order valence-corrected chi connectivity index (χ4v) is 2.49. The summed E-state index contributed by atoms with van der Waals surface area (Å²) in [5, 5.41) is 2.56. The number of carbonyl (C=O) groups excluding carboxylic acids is 2. The number of nitrogens with two attached hydrogens (primary N) is 1. The van der Waals surface area contributed by atoms with Crippen molar-refractivity contribution in [3.05, 3.63) is 35.4 Å². The van der Waals surface area contributed by atoms with Crippen molar-refractivity contribution in [2.45, 2.75) is 12.8 Å². The number of rotatable bonds is 3. The Labute approximate surface area is 119 Å². The summed E-state index contributed by atoms with van der Waals surface area (Å²) >= 11 is 0. The molecule has 1 aromatic carbocycles. The van der Waals surface area contributed by atoms with Crippen molar-refractivity contribution in [2.24, 2.45) is 11.7 Å². The average molecular weight is 275 g/mol. The molecule has 0 radical (unpaired) electrons. The van der Waals surface area contributed by atoms with Crippen LogP contribution in [-0.2, 0) is 0 Å². The van der Waals surface area contributed by atoms with Gasteiger partial charge in [-0.1, -0.05) is 6.07 Å². The third-order valence-electron chi connectivity index (χ3n) is 3.83. The number of benzene rings is 1. The maximum Gasteiger partial charge on any atom is 0.253 e. The number of hydrogen-bond donors (Lipinski definition) is 2. The topological polar surface area (TPSA) is 75.4 Å². The second kappa shape index (κ2) is 6.52. The van der Waals surface area contributed by atoms with E-state index in [1.807, 2.05) is 4.90 Å². The quantitative estimate of drug-likeness (QED) is 0.859. The summed E-state index contributed by atoms with van der Waals surface area (Å²) in [6, 6.07) is 6.85. The standard InChI is InChI=1S/C15H21N3O2/c1-17-14(19)12-3-2-4-13(9-12)15(20)18-7-5-11(10-16)6-8-18/h2-4,9,11H,5-8,10,16H2,1H3,(H,17,19). The molecular formula is C15H21N3O2. The van der Waals surface area contributed by atoms with Gasteiger partial charge in [0, 0.05) is 31.3 Å². The van der Waals surface area contributed by atoms with E-state index >= 15 is 0 Å². The fraction of sp³-hybridized carbons (Fsp3) is 0.467. The fourth-order valence-electron chi connectivity index (χ4n) is 2.49. The molecule has 0 unspecified atom stereocenters. The summed E-state index contributed by atoms with van der Waals surface area (Å²) in [4.78, 5) is 25.9. The highest BCUT2D eigenvalue weighted by Gasteiger charge is 2.23. The SMILES string of the molecule is CNC(=O)c1cccc(C(=O)N2CCC(CN)CC2)c1. The first kappa shape index (κ1) is 14.5. The number of hydrogen-bond acceptors (Lipinski definition) is 3. The van der Waals surface area contributed by atoms with Crippen LogP contribution >= 0.6 is 0 Å². The van der Waals surface area contributed by atoms with E-state index in [4.69, 9.17) is 5.73 Å². The van der Waals surface area contributed by atoms with Crippen molar-refractivity contribution in [1.82, 2.24) is 10.2 Å². The smallest absolute Gasteiger partial charge is 0.253 e. The molecule has 5 nitrogen and oxygen atoms in total. The van der Waals surface area contributed by atoms with Gasteiger partial charge in [0.2, 0.25) is 0 Å². The van der Waals surface area contributed by atoms with Crippen LogP contribution in [0.2, 0.25) is 0 Å². The molecule has 1 aliphatic heterocycles. The molecule has 0 saturated carbocycles. The van der Waals surface area contributed by atoms with Crippen LogP contribution in [0.4, 0.5) is 0 Å². The first-order valence-electron chi connectivity index (χ1n) is 6.97. The predicted octanol–water partition coefficient (Wildman–Crippen LogP) is 0.857. The van der Waals surface area contributed by atoms with Gasteiger partial charge in [0.05, 0.1) is 0 Å². The van der Waals surface area contributed by atoms with Gasteiger partial charge in [-0.05, 0) is 43.5 Å². The van der Waals surface area contributed by atoms with Crippen LogP contribution in [0.25, 0.3) is 0 Å². The van der Waals surface area contributed by atoms with Crippen LogP contribution in [-0.4, -0.2) is 43.4 Å². The number of likely N-dealkylation sites (tertiary alicyclic amines) is 1. The first-order valence-corrected chi connectivity index (χ1v) is 6.97. The van der Waals surface area contributed by atoms with E-state index in [1.54, 1.807) is 31.3 Å². The Morgan fingerprint density at radius 2 is 1.95 bits per heavy atom. The van der Waals surface area contributed by atoms with Gasteiger partial charge < -0.3 is 16.0 Å². The average Bonchev–Trinajstić information content (AvgIpc) is 2.53. The molecule has 1 saturated heterocycles. The zero-order valence-corrected chi connectivity index (χ0v) is 11.8. The van der Waals surface area contributed by atoms with Crippen molar-refractivity contribution >= 4 is 11.8 Å². The van der Waals surface area contributed by atoms with Gasteiger partial charge in [-0.2, -0.15) is 0 Å². The van der Waals surface area contributed by atoms with Gasteiger partial charge in [-0.3, -0.25) is 9.59 Å². The number of piperidine rings is 1. The third kappa shape index (κ3) is 3.17. The minimum Gasteiger partial charge on any atom is -0.355 e. The van der Waals surface area contributed by atoms with Crippen LogP contribution in [0.5, 0.6) is 0 Å². The number of amides is 2. The lowest BCUT2D eigenvalue weighted by atomic mass is 9.96. The van der Waals surface area contributed by atoms with E-state index in [0.717, 1.165) is 25.9 Å². The molecule has 1 aromatic rings. The Morgan fingerprint density at radius 3 is 2.55 bits per heavy atom. The lowest BCUT2D eigenvalue weighted by Gasteiger charge is -2.31. The molecule has 0 aliphatic carbocycles. The monoisotopic (exact) mass is 275 g/mol. The summed E-state index contributed by atoms with van der Waals surface area (Å²) < 4.78 is 0. The Balaban J connectivity index is 2.08. The number of nitrogens with one attached hydrogen (secondary N) is 1. The summed E-state index contributed by atoms with van der Waals surface area (Å²) in [6.45, 7) is 2.17. The molecule has 0 atom stereocenters. The number of nitrogens with zero attached hydrogens (tertiary/aromatic N) is 1. The lowest BCUT2D eigenvalue weighted by Crippen LogP contribution is -2.40. The minimum absolute atomic E-state index is 0.00813. The van der Waals surface area contributed by atoms with E-state index < -0.39 is 0 Å². The van der Waals surface area contributed by atoms with E-state index in [-0.39, 0.29) is 11.8 Å². The molecule has 20 heavy (non-hydrogen) atoms. The Hall–Kier alpha value is -1.88. The lowest BCUT2D eigenvalue weighted by molar-refractivity contribution is 0.0693. The highest BCUT2D eigenvalue weighted by atomic mass is 16.2. The van der Waals surface area contributed by atoms with E-state index in [1.165, 1.54) is 0 Å². The molecule has 1 aliphatic rings.